The molecule has 1 aromatic rings. The molecule has 72 valence electrons. The number of hydrogen-bond donors (Lipinski definition) is 0. The van der Waals surface area contributed by atoms with Gasteiger partial charge in [-0.1, -0.05) is 15.9 Å². The molecule has 6 heteroatoms. The summed E-state index contributed by atoms with van der Waals surface area (Å²) >= 11 is 4.12. The predicted molar refractivity (Wildman–Crippen MR) is 51.8 cm³/mol. The highest BCUT2D eigenvalue weighted by molar-refractivity contribution is 14.1. The molecule has 0 amide bonds. The summed E-state index contributed by atoms with van der Waals surface area (Å²) in [4.78, 5) is 0. The lowest BCUT2D eigenvalue weighted by Crippen LogP contribution is -2.09. The predicted octanol–water partition coefficient (Wildman–Crippen LogP) is 4.21. The van der Waals surface area contributed by atoms with Crippen molar-refractivity contribution in [1.29, 1.82) is 0 Å². The summed E-state index contributed by atoms with van der Waals surface area (Å²) in [6.45, 7) is 0. The van der Waals surface area contributed by atoms with Crippen molar-refractivity contribution in [3.63, 3.8) is 0 Å². The van der Waals surface area contributed by atoms with Crippen molar-refractivity contribution < 1.29 is 17.6 Å². The fraction of sp³-hybridized carbons (Fsp3) is 0.143. The summed E-state index contributed by atoms with van der Waals surface area (Å²) in [5.41, 5.74) is -0.838. The first-order valence-corrected chi connectivity index (χ1v) is 4.91. The summed E-state index contributed by atoms with van der Waals surface area (Å²) in [6, 6.07) is 1.64. The lowest BCUT2D eigenvalue weighted by atomic mass is 10.2. The number of alkyl halides is 3. The average Bonchev–Trinajstić information content (AvgIpc) is 1.78. The van der Waals surface area contributed by atoms with Gasteiger partial charge in [0.2, 0.25) is 0 Å². The van der Waals surface area contributed by atoms with Crippen LogP contribution in [0.25, 0.3) is 0 Å². The van der Waals surface area contributed by atoms with Crippen LogP contribution in [-0.4, -0.2) is 0 Å². The molecule has 0 aliphatic rings. The maximum absolute atomic E-state index is 12.6. The zero-order chi connectivity index (χ0) is 10.2. The van der Waals surface area contributed by atoms with Gasteiger partial charge in [-0.2, -0.15) is 13.2 Å². The van der Waals surface area contributed by atoms with Crippen molar-refractivity contribution in [2.45, 2.75) is 6.18 Å². The van der Waals surface area contributed by atoms with E-state index in [4.69, 9.17) is 0 Å². The number of benzene rings is 1. The van der Waals surface area contributed by atoms with Crippen LogP contribution in [0, 0.1) is 9.39 Å². The lowest BCUT2D eigenvalue weighted by Gasteiger charge is -2.10. The van der Waals surface area contributed by atoms with E-state index in [-0.39, 0.29) is 8.04 Å². The first kappa shape index (κ1) is 11.2. The molecule has 0 nitrogen and oxygen atoms in total. The van der Waals surface area contributed by atoms with Gasteiger partial charge in [0.1, 0.15) is 5.82 Å². The molecule has 0 radical (unpaired) electrons. The molecule has 0 N–H and O–H groups in total. The van der Waals surface area contributed by atoms with Crippen LogP contribution < -0.4 is 0 Å². The van der Waals surface area contributed by atoms with Gasteiger partial charge in [-0.3, -0.25) is 0 Å². The minimum atomic E-state index is -4.46. The van der Waals surface area contributed by atoms with Crippen LogP contribution in [0.4, 0.5) is 17.6 Å². The van der Waals surface area contributed by atoms with E-state index in [0.29, 0.717) is 0 Å². The molecule has 1 rings (SSSR count). The third kappa shape index (κ3) is 2.55. The SMILES string of the molecule is Fc1cc(Br)c(C(F)(F)F)c(I)c1. The first-order valence-electron chi connectivity index (χ1n) is 3.04. The Hall–Kier alpha value is 0.150. The van der Waals surface area contributed by atoms with Crippen LogP contribution in [-0.2, 0) is 6.18 Å². The summed E-state index contributed by atoms with van der Waals surface area (Å²) < 4.78 is 49.0. The quantitative estimate of drug-likeness (QED) is 0.475. The second kappa shape index (κ2) is 3.72. The maximum atomic E-state index is 12.6. The van der Waals surface area contributed by atoms with E-state index in [9.17, 15) is 17.6 Å². The Morgan fingerprint density at radius 3 is 2.15 bits per heavy atom. The normalized spacial score (nSPS) is 11.8. The molecular formula is C7H2BrF4I. The van der Waals surface area contributed by atoms with Gasteiger partial charge in [0.05, 0.1) is 5.56 Å². The summed E-state index contributed by atoms with van der Waals surface area (Å²) in [6.07, 6.45) is -4.46. The molecule has 0 spiro atoms. The molecule has 0 unspecified atom stereocenters. The van der Waals surface area contributed by atoms with Crippen LogP contribution in [0.2, 0.25) is 0 Å². The molecule has 0 aromatic heterocycles. The van der Waals surface area contributed by atoms with E-state index in [2.05, 4.69) is 15.9 Å². The molecular weight excluding hydrogens is 367 g/mol. The van der Waals surface area contributed by atoms with Gasteiger partial charge in [0.25, 0.3) is 0 Å². The van der Waals surface area contributed by atoms with Gasteiger partial charge in [0, 0.05) is 8.04 Å². The molecule has 0 aliphatic carbocycles. The number of halogens is 6. The highest BCUT2D eigenvalue weighted by Crippen LogP contribution is 2.38. The fourth-order valence-corrected chi connectivity index (χ4v) is 2.73. The van der Waals surface area contributed by atoms with E-state index < -0.39 is 17.6 Å². The molecule has 0 heterocycles. The summed E-state index contributed by atoms with van der Waals surface area (Å²) in [5.74, 6) is -0.690. The molecule has 1 aromatic carbocycles. The van der Waals surface area contributed by atoms with Gasteiger partial charge in [-0.15, -0.1) is 0 Å². The second-order valence-electron chi connectivity index (χ2n) is 2.24. The van der Waals surface area contributed by atoms with Crippen molar-refractivity contribution in [2.75, 3.05) is 0 Å². The number of rotatable bonds is 0. The zero-order valence-electron chi connectivity index (χ0n) is 5.92. The highest BCUT2D eigenvalue weighted by Gasteiger charge is 2.35. The Labute approximate surface area is 93.6 Å². The molecule has 0 saturated heterocycles. The van der Waals surface area contributed by atoms with E-state index in [1.807, 2.05) is 0 Å². The van der Waals surface area contributed by atoms with Crippen molar-refractivity contribution in [2.24, 2.45) is 0 Å². The van der Waals surface area contributed by atoms with Crippen LogP contribution in [0.5, 0.6) is 0 Å². The Bertz CT molecular complexity index is 311. The second-order valence-corrected chi connectivity index (χ2v) is 4.26. The largest absolute Gasteiger partial charge is 0.418 e. The summed E-state index contributed by atoms with van der Waals surface area (Å²) in [7, 11) is 0. The Morgan fingerprint density at radius 2 is 1.77 bits per heavy atom. The van der Waals surface area contributed by atoms with Crippen molar-refractivity contribution in [1.82, 2.24) is 0 Å². The molecule has 0 bridgehead atoms. The Kier molecular flexibility index (Phi) is 3.21. The van der Waals surface area contributed by atoms with Gasteiger partial charge < -0.3 is 0 Å². The smallest absolute Gasteiger partial charge is 0.207 e. The van der Waals surface area contributed by atoms with Crippen LogP contribution in [0.15, 0.2) is 16.6 Å². The fourth-order valence-electron chi connectivity index (χ4n) is 0.813. The van der Waals surface area contributed by atoms with E-state index in [1.54, 1.807) is 0 Å². The molecule has 13 heavy (non-hydrogen) atoms. The van der Waals surface area contributed by atoms with Gasteiger partial charge in [-0.25, -0.2) is 4.39 Å². The van der Waals surface area contributed by atoms with Crippen molar-refractivity contribution in [3.05, 3.63) is 31.6 Å². The topological polar surface area (TPSA) is 0 Å². The van der Waals surface area contributed by atoms with Crippen molar-refractivity contribution in [3.8, 4) is 0 Å². The first-order chi connectivity index (χ1) is 5.82. The van der Waals surface area contributed by atoms with Crippen LogP contribution in [0.3, 0.4) is 0 Å². The van der Waals surface area contributed by atoms with E-state index >= 15 is 0 Å². The Balaban J connectivity index is 3.38. The van der Waals surface area contributed by atoms with Crippen LogP contribution in [0.1, 0.15) is 5.56 Å². The molecule has 0 aliphatic heterocycles. The third-order valence-electron chi connectivity index (χ3n) is 1.29. The highest BCUT2D eigenvalue weighted by atomic mass is 127. The average molecular weight is 369 g/mol. The van der Waals surface area contributed by atoms with Gasteiger partial charge in [-0.05, 0) is 34.7 Å². The van der Waals surface area contributed by atoms with E-state index in [0.717, 1.165) is 12.1 Å². The van der Waals surface area contributed by atoms with Gasteiger partial charge in [0.15, 0.2) is 0 Å². The minimum absolute atomic E-state index is 0.156. The van der Waals surface area contributed by atoms with Crippen molar-refractivity contribution >= 4 is 38.5 Å². The zero-order valence-corrected chi connectivity index (χ0v) is 9.67. The van der Waals surface area contributed by atoms with Gasteiger partial charge >= 0.3 is 6.18 Å². The summed E-state index contributed by atoms with van der Waals surface area (Å²) in [5, 5.41) is 0. The minimum Gasteiger partial charge on any atom is -0.207 e. The molecule has 0 fully saturated rings. The standard InChI is InChI=1S/C7H2BrF4I/c8-4-1-3(9)2-5(13)6(4)7(10,11)12/h1-2H. The Morgan fingerprint density at radius 1 is 1.23 bits per heavy atom. The third-order valence-corrected chi connectivity index (χ3v) is 2.77. The molecule has 0 saturated carbocycles. The maximum Gasteiger partial charge on any atom is 0.418 e. The monoisotopic (exact) mass is 368 g/mol. The van der Waals surface area contributed by atoms with Crippen LogP contribution >= 0.6 is 38.5 Å². The number of hydrogen-bond acceptors (Lipinski definition) is 0. The lowest BCUT2D eigenvalue weighted by molar-refractivity contribution is -0.138. The van der Waals surface area contributed by atoms with E-state index in [1.165, 1.54) is 22.6 Å². The molecule has 0 atom stereocenters.